The Labute approximate surface area is 223 Å². The molecule has 210 valence electrons. The zero-order valence-corrected chi connectivity index (χ0v) is 21.8. The van der Waals surface area contributed by atoms with Gasteiger partial charge in [-0.1, -0.05) is 6.07 Å². The summed E-state index contributed by atoms with van der Waals surface area (Å²) in [7, 11) is -3.36. The van der Waals surface area contributed by atoms with Crippen LogP contribution >= 0.6 is 0 Å². The molecule has 39 heavy (non-hydrogen) atoms. The molecule has 1 aliphatic rings. The van der Waals surface area contributed by atoms with Gasteiger partial charge in [0, 0.05) is 42.8 Å². The maximum absolute atomic E-state index is 13.9. The van der Waals surface area contributed by atoms with E-state index in [0.29, 0.717) is 37.8 Å². The number of benzene rings is 1. The van der Waals surface area contributed by atoms with Crippen LogP contribution in [0.4, 0.5) is 14.5 Å². The fourth-order valence-electron chi connectivity index (χ4n) is 4.31. The monoisotopic (exact) mass is 565 g/mol. The zero-order valence-electron chi connectivity index (χ0n) is 21.0. The Balaban J connectivity index is 1.46. The molecule has 14 heteroatoms. The van der Waals surface area contributed by atoms with Gasteiger partial charge in [0.2, 0.25) is 0 Å². The highest BCUT2D eigenvalue weighted by Crippen LogP contribution is 2.22. The minimum absolute atomic E-state index is 0.0245. The molecule has 1 aromatic carbocycles. The average Bonchev–Trinajstić information content (AvgIpc) is 2.91. The standard InChI is InChI=1S/C25H29F2N5O6S/c26-18-3-2-17(20(27)13-18)15-30-24(33)21-22(28)19-12-16(14-29-23(19)32(35)25(21)34)4-11-39(36,37)10-1-5-31-6-8-38-9-7-31/h2-3,12-14,35H,1,4-11,15,28H2,(H,30,33). The number of carbonyl (C=O) groups excluding carboxylic acids is 1. The van der Waals surface area contributed by atoms with Crippen molar-refractivity contribution in [3.8, 4) is 0 Å². The fraction of sp³-hybridized carbons (Fsp3) is 0.400. The van der Waals surface area contributed by atoms with Crippen LogP contribution in [0, 0.1) is 11.6 Å². The van der Waals surface area contributed by atoms with E-state index in [1.165, 1.54) is 12.3 Å². The Kier molecular flexibility index (Phi) is 8.77. The molecule has 3 heterocycles. The highest BCUT2D eigenvalue weighted by molar-refractivity contribution is 7.91. The Morgan fingerprint density at radius 1 is 1.18 bits per heavy atom. The van der Waals surface area contributed by atoms with E-state index in [2.05, 4.69) is 15.2 Å². The lowest BCUT2D eigenvalue weighted by Crippen LogP contribution is -2.37. The van der Waals surface area contributed by atoms with Crippen LogP contribution in [0.5, 0.6) is 0 Å². The van der Waals surface area contributed by atoms with Gasteiger partial charge >= 0.3 is 0 Å². The molecule has 0 spiro atoms. The Hall–Kier alpha value is -3.62. The van der Waals surface area contributed by atoms with Crippen LogP contribution in [0.1, 0.15) is 27.9 Å². The number of pyridine rings is 2. The van der Waals surface area contributed by atoms with Crippen LogP contribution in [0.25, 0.3) is 11.0 Å². The quantitative estimate of drug-likeness (QED) is 0.306. The normalized spacial score (nSPS) is 14.5. The number of morpholine rings is 1. The second kappa shape index (κ2) is 12.1. The number of rotatable bonds is 10. The van der Waals surface area contributed by atoms with E-state index in [4.69, 9.17) is 10.5 Å². The summed E-state index contributed by atoms with van der Waals surface area (Å²) in [6.07, 6.45) is 1.94. The Bertz CT molecular complexity index is 1540. The van der Waals surface area contributed by atoms with Gasteiger partial charge in [0.25, 0.3) is 11.5 Å². The third-order valence-electron chi connectivity index (χ3n) is 6.51. The summed E-state index contributed by atoms with van der Waals surface area (Å²) < 4.78 is 57.6. The molecule has 1 amide bonds. The molecule has 1 fully saturated rings. The molecule has 2 aromatic heterocycles. The topological polar surface area (TPSA) is 157 Å². The second-order valence-electron chi connectivity index (χ2n) is 9.25. The molecule has 0 unspecified atom stereocenters. The van der Waals surface area contributed by atoms with E-state index in [1.54, 1.807) is 0 Å². The molecule has 1 saturated heterocycles. The van der Waals surface area contributed by atoms with Crippen LogP contribution in [-0.4, -0.2) is 78.5 Å². The number of anilines is 1. The molecule has 0 radical (unpaired) electrons. The number of ether oxygens (including phenoxy) is 1. The molecular weight excluding hydrogens is 536 g/mol. The van der Waals surface area contributed by atoms with E-state index in [0.717, 1.165) is 25.2 Å². The van der Waals surface area contributed by atoms with E-state index in [9.17, 15) is 32.0 Å². The van der Waals surface area contributed by atoms with Gasteiger partial charge in [-0.2, -0.15) is 0 Å². The summed E-state index contributed by atoms with van der Waals surface area (Å²) in [4.78, 5) is 31.6. The number of nitrogens with one attached hydrogen (secondary N) is 1. The molecule has 0 aliphatic carbocycles. The molecule has 11 nitrogen and oxygen atoms in total. The Morgan fingerprint density at radius 3 is 2.64 bits per heavy atom. The van der Waals surface area contributed by atoms with Crippen LogP contribution in [0.15, 0.2) is 35.3 Å². The maximum atomic E-state index is 13.9. The average molecular weight is 566 g/mol. The molecule has 0 saturated carbocycles. The molecule has 0 atom stereocenters. The van der Waals surface area contributed by atoms with Gasteiger partial charge < -0.3 is 21.0 Å². The van der Waals surface area contributed by atoms with E-state index >= 15 is 0 Å². The summed E-state index contributed by atoms with van der Waals surface area (Å²) in [5, 5.41) is 12.7. The highest BCUT2D eigenvalue weighted by atomic mass is 32.2. The van der Waals surface area contributed by atoms with Gasteiger partial charge in [0.15, 0.2) is 15.5 Å². The minimum Gasteiger partial charge on any atom is -0.423 e. The number of hydrogen-bond donors (Lipinski definition) is 3. The van der Waals surface area contributed by atoms with Crippen molar-refractivity contribution in [1.29, 1.82) is 0 Å². The van der Waals surface area contributed by atoms with Crippen LogP contribution in [-0.2, 0) is 27.5 Å². The molecular formula is C25H29F2N5O6S. The SMILES string of the molecule is Nc1c(C(=O)NCc2ccc(F)cc2F)c(=O)n(O)c2ncc(CCS(=O)(=O)CCCN3CCOCC3)cc12. The number of hydrogen-bond acceptors (Lipinski definition) is 9. The number of nitrogens with two attached hydrogens (primary N) is 1. The van der Waals surface area contributed by atoms with Gasteiger partial charge in [-0.05, 0) is 37.1 Å². The van der Waals surface area contributed by atoms with Crippen molar-refractivity contribution in [3.05, 3.63) is 69.1 Å². The van der Waals surface area contributed by atoms with Crippen LogP contribution < -0.4 is 16.6 Å². The van der Waals surface area contributed by atoms with E-state index in [1.807, 2.05) is 0 Å². The third kappa shape index (κ3) is 6.88. The number of aromatic nitrogens is 2. The summed E-state index contributed by atoms with van der Waals surface area (Å²) in [5.41, 5.74) is 4.34. The largest absolute Gasteiger partial charge is 0.423 e. The maximum Gasteiger partial charge on any atom is 0.299 e. The van der Waals surface area contributed by atoms with Gasteiger partial charge in [-0.25, -0.2) is 22.2 Å². The summed E-state index contributed by atoms with van der Waals surface area (Å²) in [6, 6.07) is 4.28. The van der Waals surface area contributed by atoms with Crippen molar-refractivity contribution in [3.63, 3.8) is 0 Å². The predicted molar refractivity (Wildman–Crippen MR) is 139 cm³/mol. The first kappa shape index (κ1) is 28.4. The van der Waals surface area contributed by atoms with E-state index < -0.39 is 38.5 Å². The number of amides is 1. The molecule has 4 N–H and O–H groups in total. The molecule has 4 rings (SSSR count). The zero-order chi connectivity index (χ0) is 28.2. The number of aryl methyl sites for hydroxylation is 1. The summed E-state index contributed by atoms with van der Waals surface area (Å²) >= 11 is 0. The lowest BCUT2D eigenvalue weighted by atomic mass is 10.1. The van der Waals surface area contributed by atoms with Crippen molar-refractivity contribution in [2.75, 3.05) is 50.1 Å². The van der Waals surface area contributed by atoms with Crippen molar-refractivity contribution in [2.45, 2.75) is 19.4 Å². The van der Waals surface area contributed by atoms with E-state index in [-0.39, 0.29) is 51.5 Å². The highest BCUT2D eigenvalue weighted by Gasteiger charge is 2.22. The van der Waals surface area contributed by atoms with Crippen LogP contribution in [0.2, 0.25) is 0 Å². The number of carbonyl (C=O) groups is 1. The van der Waals surface area contributed by atoms with Gasteiger partial charge in [0.05, 0.1) is 30.4 Å². The number of fused-ring (bicyclic) bond motifs is 1. The lowest BCUT2D eigenvalue weighted by molar-refractivity contribution is 0.0381. The number of sulfone groups is 1. The smallest absolute Gasteiger partial charge is 0.299 e. The Morgan fingerprint density at radius 2 is 1.92 bits per heavy atom. The fourth-order valence-corrected chi connectivity index (χ4v) is 5.63. The predicted octanol–water partition coefficient (Wildman–Crippen LogP) is 1.10. The van der Waals surface area contributed by atoms with Crippen LogP contribution in [0.3, 0.4) is 0 Å². The van der Waals surface area contributed by atoms with Gasteiger partial charge in [0.1, 0.15) is 17.2 Å². The number of nitrogens with zero attached hydrogens (tertiary/aromatic N) is 3. The molecule has 0 bridgehead atoms. The molecule has 1 aliphatic heterocycles. The van der Waals surface area contributed by atoms with Crippen molar-refractivity contribution >= 4 is 32.5 Å². The van der Waals surface area contributed by atoms with Gasteiger partial charge in [-0.3, -0.25) is 14.5 Å². The minimum atomic E-state index is -3.36. The summed E-state index contributed by atoms with van der Waals surface area (Å²) in [5.74, 6) is -2.76. The van der Waals surface area contributed by atoms with Gasteiger partial charge in [-0.15, -0.1) is 4.73 Å². The first-order valence-corrected chi connectivity index (χ1v) is 14.1. The first-order valence-electron chi connectivity index (χ1n) is 12.3. The second-order valence-corrected chi connectivity index (χ2v) is 11.6. The summed E-state index contributed by atoms with van der Waals surface area (Å²) in [6.45, 7) is 3.15. The first-order chi connectivity index (χ1) is 18.6. The molecule has 3 aromatic rings. The lowest BCUT2D eigenvalue weighted by Gasteiger charge is -2.26. The van der Waals surface area contributed by atoms with Crippen molar-refractivity contribution < 1.29 is 31.9 Å². The number of nitrogen functional groups attached to an aromatic ring is 1. The third-order valence-corrected chi connectivity index (χ3v) is 8.24. The number of halogens is 2. The van der Waals surface area contributed by atoms with Crippen molar-refractivity contribution in [1.82, 2.24) is 19.9 Å². The van der Waals surface area contributed by atoms with Crippen molar-refractivity contribution in [2.24, 2.45) is 0 Å².